The molecule has 150 valence electrons. The second-order valence-electron chi connectivity index (χ2n) is 6.60. The van der Waals surface area contributed by atoms with E-state index in [0.29, 0.717) is 22.9 Å². The largest absolute Gasteiger partial charge is 0.457 e. The maximum absolute atomic E-state index is 12.4. The van der Waals surface area contributed by atoms with Gasteiger partial charge in [-0.25, -0.2) is 8.42 Å². The fourth-order valence-corrected chi connectivity index (χ4v) is 3.62. The van der Waals surface area contributed by atoms with Crippen LogP contribution in [0.2, 0.25) is 0 Å². The third-order valence-corrected chi connectivity index (χ3v) is 5.23. The minimum atomic E-state index is -3.65. The summed E-state index contributed by atoms with van der Waals surface area (Å²) in [7, 11) is -3.65. The molecule has 0 unspecified atom stereocenters. The van der Waals surface area contributed by atoms with Gasteiger partial charge in [0.05, 0.1) is 11.9 Å². The molecule has 0 radical (unpaired) electrons. The third-order valence-electron chi connectivity index (χ3n) is 4.09. The Kier molecular flexibility index (Phi) is 6.19. The van der Waals surface area contributed by atoms with Crippen molar-refractivity contribution >= 4 is 27.3 Å². The first-order chi connectivity index (χ1) is 13.8. The molecule has 0 saturated heterocycles. The van der Waals surface area contributed by atoms with Crippen molar-refractivity contribution in [3.8, 4) is 11.5 Å². The number of para-hydroxylation sites is 1. The monoisotopic (exact) mass is 410 g/mol. The summed E-state index contributed by atoms with van der Waals surface area (Å²) in [4.78, 5) is 12.4. The van der Waals surface area contributed by atoms with Crippen molar-refractivity contribution in [3.63, 3.8) is 0 Å². The molecular weight excluding hydrogens is 388 g/mol. The summed E-state index contributed by atoms with van der Waals surface area (Å²) in [5.41, 5.74) is 2.00. The fourth-order valence-electron chi connectivity index (χ4n) is 2.76. The number of carbonyl (C=O) groups excluding carboxylic acids is 1. The molecule has 0 fully saturated rings. The number of hydrogen-bond acceptors (Lipinski definition) is 4. The summed E-state index contributed by atoms with van der Waals surface area (Å²) in [5, 5.41) is 2.73. The van der Waals surface area contributed by atoms with E-state index in [1.165, 1.54) is 0 Å². The lowest BCUT2D eigenvalue weighted by molar-refractivity contribution is -0.114. The molecule has 0 atom stereocenters. The van der Waals surface area contributed by atoms with Gasteiger partial charge in [0.2, 0.25) is 15.9 Å². The zero-order chi connectivity index (χ0) is 20.9. The minimum Gasteiger partial charge on any atom is -0.457 e. The number of sulfonamides is 1. The van der Waals surface area contributed by atoms with E-state index >= 15 is 0 Å². The maximum atomic E-state index is 12.4. The molecule has 3 rings (SSSR count). The summed E-state index contributed by atoms with van der Waals surface area (Å²) in [6, 6.07) is 23.1. The lowest BCUT2D eigenvalue weighted by atomic mass is 10.2. The van der Waals surface area contributed by atoms with Crippen molar-refractivity contribution in [1.82, 2.24) is 0 Å². The van der Waals surface area contributed by atoms with Gasteiger partial charge in [-0.2, -0.15) is 0 Å². The lowest BCUT2D eigenvalue weighted by Gasteiger charge is -2.22. The van der Waals surface area contributed by atoms with Crippen LogP contribution in [-0.2, 0) is 14.8 Å². The van der Waals surface area contributed by atoms with Crippen LogP contribution in [0.4, 0.5) is 11.4 Å². The van der Waals surface area contributed by atoms with E-state index in [4.69, 9.17) is 4.74 Å². The highest BCUT2D eigenvalue weighted by Gasteiger charge is 2.21. The SMILES string of the molecule is Cc1cccc(NC(=O)CN(c2ccc(Oc3ccccc3)cc2)S(C)(=O)=O)c1. The Morgan fingerprint density at radius 1 is 0.931 bits per heavy atom. The van der Waals surface area contributed by atoms with E-state index in [1.807, 2.05) is 55.5 Å². The lowest BCUT2D eigenvalue weighted by Crippen LogP contribution is -2.37. The first-order valence-corrected chi connectivity index (χ1v) is 10.8. The van der Waals surface area contributed by atoms with Crippen LogP contribution in [0.5, 0.6) is 11.5 Å². The van der Waals surface area contributed by atoms with Crippen molar-refractivity contribution < 1.29 is 17.9 Å². The molecule has 0 aliphatic heterocycles. The van der Waals surface area contributed by atoms with Gasteiger partial charge in [0.25, 0.3) is 0 Å². The van der Waals surface area contributed by atoms with Crippen LogP contribution in [0.3, 0.4) is 0 Å². The van der Waals surface area contributed by atoms with Gasteiger partial charge in [0.15, 0.2) is 0 Å². The van der Waals surface area contributed by atoms with E-state index in [-0.39, 0.29) is 6.54 Å². The van der Waals surface area contributed by atoms with Crippen LogP contribution in [0.25, 0.3) is 0 Å². The van der Waals surface area contributed by atoms with E-state index in [1.54, 1.807) is 30.3 Å². The average Bonchev–Trinajstić information content (AvgIpc) is 2.67. The van der Waals surface area contributed by atoms with Gasteiger partial charge >= 0.3 is 0 Å². The molecular formula is C22H22N2O4S. The quantitative estimate of drug-likeness (QED) is 0.634. The number of benzene rings is 3. The predicted octanol–water partition coefficient (Wildman–Crippen LogP) is 4.19. The number of rotatable bonds is 7. The normalized spacial score (nSPS) is 11.0. The van der Waals surface area contributed by atoms with Crippen molar-refractivity contribution in [2.45, 2.75) is 6.92 Å². The highest BCUT2D eigenvalue weighted by atomic mass is 32.2. The van der Waals surface area contributed by atoms with Gasteiger partial charge < -0.3 is 10.1 Å². The molecule has 0 aliphatic carbocycles. The molecule has 0 bridgehead atoms. The van der Waals surface area contributed by atoms with Crippen molar-refractivity contribution in [2.24, 2.45) is 0 Å². The summed E-state index contributed by atoms with van der Waals surface area (Å²) < 4.78 is 31.3. The first kappa shape index (κ1) is 20.4. The third kappa shape index (κ3) is 5.83. The molecule has 6 nitrogen and oxygen atoms in total. The molecule has 1 amide bonds. The van der Waals surface area contributed by atoms with Crippen LogP contribution >= 0.6 is 0 Å². The Bertz CT molecular complexity index is 1080. The molecule has 1 N–H and O–H groups in total. The van der Waals surface area contributed by atoms with Gasteiger partial charge in [-0.3, -0.25) is 9.10 Å². The Labute approximate surface area is 170 Å². The van der Waals surface area contributed by atoms with E-state index in [2.05, 4.69) is 5.32 Å². The molecule has 29 heavy (non-hydrogen) atoms. The molecule has 0 saturated carbocycles. The van der Waals surface area contributed by atoms with E-state index in [0.717, 1.165) is 16.1 Å². The number of hydrogen-bond donors (Lipinski definition) is 1. The van der Waals surface area contributed by atoms with Crippen molar-refractivity contribution in [2.75, 3.05) is 22.4 Å². The summed E-state index contributed by atoms with van der Waals surface area (Å²) in [5.74, 6) is 0.820. The summed E-state index contributed by atoms with van der Waals surface area (Å²) in [6.45, 7) is 1.59. The molecule has 0 aromatic heterocycles. The van der Waals surface area contributed by atoms with Crippen molar-refractivity contribution in [3.05, 3.63) is 84.4 Å². The molecule has 0 spiro atoms. The molecule has 7 heteroatoms. The first-order valence-electron chi connectivity index (χ1n) is 8.98. The van der Waals surface area contributed by atoms with E-state index < -0.39 is 15.9 Å². The second kappa shape index (κ2) is 8.79. The second-order valence-corrected chi connectivity index (χ2v) is 8.50. The minimum absolute atomic E-state index is 0.328. The van der Waals surface area contributed by atoms with Gasteiger partial charge in [0.1, 0.15) is 18.0 Å². The smallest absolute Gasteiger partial charge is 0.245 e. The Balaban J connectivity index is 1.74. The number of amides is 1. The molecule has 3 aromatic carbocycles. The molecule has 0 aliphatic rings. The van der Waals surface area contributed by atoms with Gasteiger partial charge in [0, 0.05) is 5.69 Å². The number of ether oxygens (including phenoxy) is 1. The standard InChI is InChI=1S/C22H22N2O4S/c1-17-7-6-8-18(15-17)23-22(25)16-24(29(2,26)27)19-11-13-21(14-12-19)28-20-9-4-3-5-10-20/h3-15H,16H2,1-2H3,(H,23,25). The van der Waals surface area contributed by atoms with Gasteiger partial charge in [-0.05, 0) is 61.0 Å². The topological polar surface area (TPSA) is 75.7 Å². The van der Waals surface area contributed by atoms with Crippen LogP contribution in [-0.4, -0.2) is 27.1 Å². The zero-order valence-corrected chi connectivity index (χ0v) is 17.0. The van der Waals surface area contributed by atoms with Crippen molar-refractivity contribution in [1.29, 1.82) is 0 Å². The fraction of sp³-hybridized carbons (Fsp3) is 0.136. The van der Waals surface area contributed by atoms with Gasteiger partial charge in [-0.1, -0.05) is 30.3 Å². The highest BCUT2D eigenvalue weighted by molar-refractivity contribution is 7.92. The van der Waals surface area contributed by atoms with Crippen LogP contribution in [0, 0.1) is 6.92 Å². The maximum Gasteiger partial charge on any atom is 0.245 e. The van der Waals surface area contributed by atoms with Gasteiger partial charge in [-0.15, -0.1) is 0 Å². The zero-order valence-electron chi connectivity index (χ0n) is 16.2. The Morgan fingerprint density at radius 3 is 2.21 bits per heavy atom. The summed E-state index contributed by atoms with van der Waals surface area (Å²) in [6.07, 6.45) is 1.07. The molecule has 3 aromatic rings. The molecule has 0 heterocycles. The summed E-state index contributed by atoms with van der Waals surface area (Å²) >= 11 is 0. The van der Waals surface area contributed by atoms with Crippen LogP contribution in [0.1, 0.15) is 5.56 Å². The Hall–Kier alpha value is -3.32. The van der Waals surface area contributed by atoms with Crippen LogP contribution < -0.4 is 14.4 Å². The Morgan fingerprint density at radius 2 is 1.59 bits per heavy atom. The van der Waals surface area contributed by atoms with E-state index in [9.17, 15) is 13.2 Å². The number of aryl methyl sites for hydroxylation is 1. The number of nitrogens with one attached hydrogen (secondary N) is 1. The number of carbonyl (C=O) groups is 1. The highest BCUT2D eigenvalue weighted by Crippen LogP contribution is 2.25. The predicted molar refractivity (Wildman–Crippen MR) is 115 cm³/mol. The number of anilines is 2. The van der Waals surface area contributed by atoms with Crippen LogP contribution in [0.15, 0.2) is 78.9 Å². The number of nitrogens with zero attached hydrogens (tertiary/aromatic N) is 1. The average molecular weight is 410 g/mol.